The molecular weight excluding hydrogens is 228 g/mol. The molecule has 2 aromatic heterocycles. The number of rotatable bonds is 5. The molecule has 0 amide bonds. The minimum atomic E-state index is 0.644. The summed E-state index contributed by atoms with van der Waals surface area (Å²) in [5.74, 6) is 1.54. The van der Waals surface area contributed by atoms with Crippen LogP contribution in [0, 0.1) is 6.92 Å². The predicted molar refractivity (Wildman–Crippen MR) is 70.4 cm³/mol. The third kappa shape index (κ3) is 3.24. The highest BCUT2D eigenvalue weighted by molar-refractivity contribution is 5.61. The lowest BCUT2D eigenvalue weighted by molar-refractivity contribution is 0.210. The SMILES string of the molecule is COCCNc1cc(-c2cccnc2)nc(C)n1. The first-order valence-electron chi connectivity index (χ1n) is 5.78. The van der Waals surface area contributed by atoms with Gasteiger partial charge >= 0.3 is 0 Å². The highest BCUT2D eigenvalue weighted by Gasteiger charge is 2.04. The Kier molecular flexibility index (Phi) is 4.20. The van der Waals surface area contributed by atoms with Gasteiger partial charge in [0.15, 0.2) is 0 Å². The topological polar surface area (TPSA) is 59.9 Å². The number of nitrogens with zero attached hydrogens (tertiary/aromatic N) is 3. The number of pyridine rings is 1. The number of methoxy groups -OCH3 is 1. The average Bonchev–Trinajstić information content (AvgIpc) is 2.39. The van der Waals surface area contributed by atoms with E-state index in [9.17, 15) is 0 Å². The Morgan fingerprint density at radius 1 is 1.33 bits per heavy atom. The fourth-order valence-electron chi connectivity index (χ4n) is 1.60. The molecule has 18 heavy (non-hydrogen) atoms. The normalized spacial score (nSPS) is 10.3. The largest absolute Gasteiger partial charge is 0.383 e. The Hall–Kier alpha value is -2.01. The van der Waals surface area contributed by atoms with Gasteiger partial charge in [0.1, 0.15) is 11.6 Å². The van der Waals surface area contributed by atoms with E-state index in [0.717, 1.165) is 29.4 Å². The van der Waals surface area contributed by atoms with Crippen molar-refractivity contribution in [3.8, 4) is 11.3 Å². The van der Waals surface area contributed by atoms with Crippen LogP contribution in [0.25, 0.3) is 11.3 Å². The second kappa shape index (κ2) is 6.07. The van der Waals surface area contributed by atoms with E-state index < -0.39 is 0 Å². The van der Waals surface area contributed by atoms with E-state index in [1.54, 1.807) is 19.5 Å². The molecule has 0 fully saturated rings. The minimum Gasteiger partial charge on any atom is -0.383 e. The van der Waals surface area contributed by atoms with Gasteiger partial charge in [0.05, 0.1) is 12.3 Å². The van der Waals surface area contributed by atoms with Crippen molar-refractivity contribution < 1.29 is 4.74 Å². The lowest BCUT2D eigenvalue weighted by Crippen LogP contribution is -2.09. The molecule has 0 saturated carbocycles. The van der Waals surface area contributed by atoms with Crippen molar-refractivity contribution in [2.75, 3.05) is 25.6 Å². The fourth-order valence-corrected chi connectivity index (χ4v) is 1.60. The summed E-state index contributed by atoms with van der Waals surface area (Å²) in [5, 5.41) is 3.20. The molecule has 0 aromatic carbocycles. The lowest BCUT2D eigenvalue weighted by Gasteiger charge is -2.08. The molecule has 0 bridgehead atoms. The van der Waals surface area contributed by atoms with Gasteiger partial charge in [0, 0.05) is 37.7 Å². The molecule has 5 heteroatoms. The second-order valence-electron chi connectivity index (χ2n) is 3.85. The minimum absolute atomic E-state index is 0.644. The monoisotopic (exact) mass is 244 g/mol. The van der Waals surface area contributed by atoms with E-state index in [1.165, 1.54) is 0 Å². The van der Waals surface area contributed by atoms with Crippen molar-refractivity contribution in [3.05, 3.63) is 36.4 Å². The molecule has 2 heterocycles. The first kappa shape index (κ1) is 12.4. The predicted octanol–water partition coefficient (Wildman–Crippen LogP) is 1.91. The Labute approximate surface area is 106 Å². The quantitative estimate of drug-likeness (QED) is 0.814. The number of anilines is 1. The third-order valence-corrected chi connectivity index (χ3v) is 2.41. The first-order valence-corrected chi connectivity index (χ1v) is 5.78. The maximum atomic E-state index is 4.99. The van der Waals surface area contributed by atoms with Crippen LogP contribution in [0.5, 0.6) is 0 Å². The molecule has 0 atom stereocenters. The van der Waals surface area contributed by atoms with Gasteiger partial charge in [-0.3, -0.25) is 4.98 Å². The van der Waals surface area contributed by atoms with Crippen LogP contribution >= 0.6 is 0 Å². The zero-order chi connectivity index (χ0) is 12.8. The molecule has 2 aromatic rings. The number of hydrogen-bond donors (Lipinski definition) is 1. The van der Waals surface area contributed by atoms with Gasteiger partial charge < -0.3 is 10.1 Å². The van der Waals surface area contributed by atoms with Gasteiger partial charge in [-0.25, -0.2) is 9.97 Å². The number of aryl methyl sites for hydroxylation is 1. The van der Waals surface area contributed by atoms with Crippen LogP contribution in [-0.2, 0) is 4.74 Å². The maximum absolute atomic E-state index is 4.99. The summed E-state index contributed by atoms with van der Waals surface area (Å²) >= 11 is 0. The molecule has 5 nitrogen and oxygen atoms in total. The summed E-state index contributed by atoms with van der Waals surface area (Å²) in [4.78, 5) is 12.8. The summed E-state index contributed by atoms with van der Waals surface area (Å²) in [5.41, 5.74) is 1.85. The van der Waals surface area contributed by atoms with E-state index in [2.05, 4.69) is 20.3 Å². The number of aromatic nitrogens is 3. The summed E-state index contributed by atoms with van der Waals surface area (Å²) in [6.45, 7) is 3.24. The highest BCUT2D eigenvalue weighted by Crippen LogP contribution is 2.18. The Morgan fingerprint density at radius 3 is 2.94 bits per heavy atom. The smallest absolute Gasteiger partial charge is 0.130 e. The molecule has 1 N–H and O–H groups in total. The van der Waals surface area contributed by atoms with Gasteiger partial charge in [0.25, 0.3) is 0 Å². The van der Waals surface area contributed by atoms with E-state index >= 15 is 0 Å². The number of ether oxygens (including phenoxy) is 1. The van der Waals surface area contributed by atoms with Crippen molar-refractivity contribution in [3.63, 3.8) is 0 Å². The molecule has 0 unspecified atom stereocenters. The van der Waals surface area contributed by atoms with Gasteiger partial charge in [-0.05, 0) is 19.1 Å². The molecule has 2 rings (SSSR count). The van der Waals surface area contributed by atoms with Crippen molar-refractivity contribution in [2.45, 2.75) is 6.92 Å². The van der Waals surface area contributed by atoms with Crippen LogP contribution in [0.4, 0.5) is 5.82 Å². The van der Waals surface area contributed by atoms with Gasteiger partial charge in [-0.1, -0.05) is 0 Å². The van der Waals surface area contributed by atoms with Crippen molar-refractivity contribution >= 4 is 5.82 Å². The standard InChI is InChI=1S/C13H16N4O/c1-10-16-12(11-4-3-5-14-9-11)8-13(17-10)15-6-7-18-2/h3-5,8-9H,6-7H2,1-2H3,(H,15,16,17). The van der Waals surface area contributed by atoms with Crippen molar-refractivity contribution in [1.82, 2.24) is 15.0 Å². The number of nitrogens with one attached hydrogen (secondary N) is 1. The molecule has 0 aliphatic heterocycles. The van der Waals surface area contributed by atoms with Gasteiger partial charge in [-0.2, -0.15) is 0 Å². The first-order chi connectivity index (χ1) is 8.79. The third-order valence-electron chi connectivity index (χ3n) is 2.41. The molecule has 0 spiro atoms. The van der Waals surface area contributed by atoms with E-state index in [4.69, 9.17) is 4.74 Å². The second-order valence-corrected chi connectivity index (χ2v) is 3.85. The zero-order valence-corrected chi connectivity index (χ0v) is 10.6. The molecule has 0 aliphatic carbocycles. The molecule has 0 radical (unpaired) electrons. The fraction of sp³-hybridized carbons (Fsp3) is 0.308. The van der Waals surface area contributed by atoms with Crippen LogP contribution in [0.15, 0.2) is 30.6 Å². The molecule has 94 valence electrons. The van der Waals surface area contributed by atoms with Crippen LogP contribution < -0.4 is 5.32 Å². The van der Waals surface area contributed by atoms with Crippen LogP contribution in [-0.4, -0.2) is 35.2 Å². The van der Waals surface area contributed by atoms with E-state index in [0.29, 0.717) is 6.61 Å². The van der Waals surface area contributed by atoms with E-state index in [1.807, 2.05) is 25.1 Å². The summed E-state index contributed by atoms with van der Waals surface area (Å²) in [6.07, 6.45) is 3.54. The maximum Gasteiger partial charge on any atom is 0.130 e. The van der Waals surface area contributed by atoms with Crippen LogP contribution in [0.3, 0.4) is 0 Å². The summed E-state index contributed by atoms with van der Waals surface area (Å²) in [6, 6.07) is 5.79. The zero-order valence-electron chi connectivity index (χ0n) is 10.6. The average molecular weight is 244 g/mol. The molecule has 0 aliphatic rings. The lowest BCUT2D eigenvalue weighted by atomic mass is 10.2. The van der Waals surface area contributed by atoms with Crippen molar-refractivity contribution in [1.29, 1.82) is 0 Å². The summed E-state index contributed by atoms with van der Waals surface area (Å²) in [7, 11) is 1.67. The van der Waals surface area contributed by atoms with Crippen LogP contribution in [0.2, 0.25) is 0 Å². The van der Waals surface area contributed by atoms with Crippen LogP contribution in [0.1, 0.15) is 5.82 Å². The Morgan fingerprint density at radius 2 is 2.22 bits per heavy atom. The Bertz CT molecular complexity index is 502. The molecular formula is C13H16N4O. The highest BCUT2D eigenvalue weighted by atomic mass is 16.5. The number of hydrogen-bond acceptors (Lipinski definition) is 5. The van der Waals surface area contributed by atoms with Gasteiger partial charge in [-0.15, -0.1) is 0 Å². The molecule has 0 saturated heterocycles. The van der Waals surface area contributed by atoms with E-state index in [-0.39, 0.29) is 0 Å². The summed E-state index contributed by atoms with van der Waals surface area (Å²) < 4.78 is 4.99. The van der Waals surface area contributed by atoms with Crippen molar-refractivity contribution in [2.24, 2.45) is 0 Å². The van der Waals surface area contributed by atoms with Gasteiger partial charge in [0.2, 0.25) is 0 Å². The Balaban J connectivity index is 2.21.